The molecule has 0 aliphatic heterocycles. The molecule has 0 saturated heterocycles. The summed E-state index contributed by atoms with van der Waals surface area (Å²) in [5.41, 5.74) is 0. The van der Waals surface area contributed by atoms with Gasteiger partial charge in [0.2, 0.25) is 0 Å². The topological polar surface area (TPSA) is 0 Å². The van der Waals surface area contributed by atoms with Crippen molar-refractivity contribution in [2.75, 3.05) is 0 Å². The van der Waals surface area contributed by atoms with Gasteiger partial charge < -0.3 is 0 Å². The summed E-state index contributed by atoms with van der Waals surface area (Å²) in [5, 5.41) is -2.26. The van der Waals surface area contributed by atoms with E-state index in [0.29, 0.717) is 6.42 Å². The van der Waals surface area contributed by atoms with Crippen LogP contribution in [0.25, 0.3) is 0 Å². The SMILES string of the molecule is CCCCC(F)([C](F)F)[Si](C)C. The summed E-state index contributed by atoms with van der Waals surface area (Å²) >= 11 is 0. The third-order valence-corrected chi connectivity index (χ3v) is 3.99. The lowest BCUT2D eigenvalue weighted by atomic mass is 10.2. The van der Waals surface area contributed by atoms with Gasteiger partial charge in [-0.25, -0.2) is 4.39 Å². The normalized spacial score (nSPS) is 17.0. The lowest BCUT2D eigenvalue weighted by Crippen LogP contribution is -2.40. The van der Waals surface area contributed by atoms with Gasteiger partial charge in [-0.3, -0.25) is 0 Å². The van der Waals surface area contributed by atoms with Gasteiger partial charge in [0.1, 0.15) is 0 Å². The zero-order valence-electron chi connectivity index (χ0n) is 7.76. The second-order valence-corrected chi connectivity index (χ2v) is 5.96. The number of rotatable bonds is 5. The number of hydrogen-bond acceptors (Lipinski definition) is 0. The van der Waals surface area contributed by atoms with Gasteiger partial charge in [-0.05, 0) is 6.42 Å². The highest BCUT2D eigenvalue weighted by Crippen LogP contribution is 2.34. The van der Waals surface area contributed by atoms with Crippen molar-refractivity contribution in [2.24, 2.45) is 0 Å². The van der Waals surface area contributed by atoms with Crippen LogP contribution >= 0.6 is 0 Å². The highest BCUT2D eigenvalue weighted by atomic mass is 28.3. The molecule has 0 amide bonds. The van der Waals surface area contributed by atoms with Gasteiger partial charge in [0.05, 0.1) is 8.80 Å². The molecule has 4 heteroatoms. The van der Waals surface area contributed by atoms with E-state index in [0.717, 1.165) is 6.42 Å². The molecule has 0 aromatic heterocycles. The molecule has 1 atom stereocenters. The Hall–Kier alpha value is 0.00688. The lowest BCUT2D eigenvalue weighted by molar-refractivity contribution is 0.109. The average molecular weight is 196 g/mol. The zero-order chi connectivity index (χ0) is 9.78. The molecule has 12 heavy (non-hydrogen) atoms. The van der Waals surface area contributed by atoms with Crippen molar-refractivity contribution in [2.45, 2.75) is 44.6 Å². The number of hydrogen-bond donors (Lipinski definition) is 0. The van der Waals surface area contributed by atoms with Gasteiger partial charge in [-0.1, -0.05) is 32.9 Å². The Labute approximate surface area is 73.8 Å². The Morgan fingerprint density at radius 3 is 2.08 bits per heavy atom. The molecule has 72 valence electrons. The Morgan fingerprint density at radius 2 is 1.83 bits per heavy atom. The lowest BCUT2D eigenvalue weighted by Gasteiger charge is -2.25. The summed E-state index contributed by atoms with van der Waals surface area (Å²) < 4.78 is 37.9. The van der Waals surface area contributed by atoms with Crippen molar-refractivity contribution in [3.63, 3.8) is 0 Å². The van der Waals surface area contributed by atoms with Gasteiger partial charge in [-0.15, -0.1) is 0 Å². The Kier molecular flexibility index (Phi) is 4.90. The van der Waals surface area contributed by atoms with Crippen LogP contribution in [0.2, 0.25) is 13.1 Å². The number of unbranched alkanes of at least 4 members (excludes halogenated alkanes) is 1. The number of alkyl halides is 1. The first-order valence-corrected chi connectivity index (χ1v) is 6.63. The highest BCUT2D eigenvalue weighted by molar-refractivity contribution is 6.59. The maximum atomic E-state index is 13.5. The highest BCUT2D eigenvalue weighted by Gasteiger charge is 2.45. The van der Waals surface area contributed by atoms with E-state index in [1.165, 1.54) is 0 Å². The van der Waals surface area contributed by atoms with Crippen LogP contribution in [-0.2, 0) is 0 Å². The van der Waals surface area contributed by atoms with Gasteiger partial charge in [0, 0.05) is 0 Å². The minimum Gasteiger partial charge on any atom is -0.241 e. The van der Waals surface area contributed by atoms with Crippen LogP contribution in [-0.4, -0.2) is 14.1 Å². The standard InChI is InChI=1S/C8H15F3Si/c1-4-5-6-8(11,7(9)10)12(2)3/h4-6H2,1-3H3. The molecular formula is C8H15F3Si. The predicted octanol–water partition coefficient (Wildman–Crippen LogP) is 3.61. The molecule has 0 rings (SSSR count). The van der Waals surface area contributed by atoms with Gasteiger partial charge in [0.25, 0.3) is 0 Å². The van der Waals surface area contributed by atoms with Crippen molar-refractivity contribution in [3.05, 3.63) is 6.43 Å². The van der Waals surface area contributed by atoms with Gasteiger partial charge in [-0.2, -0.15) is 8.78 Å². The Morgan fingerprint density at radius 1 is 1.33 bits per heavy atom. The fourth-order valence-corrected chi connectivity index (χ4v) is 2.01. The maximum absolute atomic E-state index is 13.5. The van der Waals surface area contributed by atoms with Crippen LogP contribution in [0.3, 0.4) is 0 Å². The second-order valence-electron chi connectivity index (χ2n) is 3.17. The average Bonchev–Trinajstić information content (AvgIpc) is 1.99. The molecular weight excluding hydrogens is 181 g/mol. The first kappa shape index (κ1) is 12.0. The molecule has 0 heterocycles. The molecule has 0 spiro atoms. The van der Waals surface area contributed by atoms with Gasteiger partial charge >= 0.3 is 6.43 Å². The van der Waals surface area contributed by atoms with Crippen LogP contribution in [0.15, 0.2) is 0 Å². The van der Waals surface area contributed by atoms with Crippen LogP contribution in [0.4, 0.5) is 13.2 Å². The molecule has 0 aromatic carbocycles. The quantitative estimate of drug-likeness (QED) is 0.589. The summed E-state index contributed by atoms with van der Waals surface area (Å²) in [5.74, 6) is 0. The van der Waals surface area contributed by atoms with E-state index in [1.807, 2.05) is 6.92 Å². The molecule has 0 aliphatic rings. The summed E-state index contributed by atoms with van der Waals surface area (Å²) in [6.07, 6.45) is -0.764. The van der Waals surface area contributed by atoms with E-state index in [2.05, 4.69) is 0 Å². The van der Waals surface area contributed by atoms with Crippen molar-refractivity contribution >= 4 is 8.80 Å². The minimum atomic E-state index is -2.26. The maximum Gasteiger partial charge on any atom is 0.342 e. The fourth-order valence-electron chi connectivity index (χ4n) is 0.954. The molecule has 0 aliphatic carbocycles. The van der Waals surface area contributed by atoms with E-state index in [1.54, 1.807) is 13.1 Å². The molecule has 0 saturated carbocycles. The van der Waals surface area contributed by atoms with E-state index in [-0.39, 0.29) is 6.42 Å². The molecule has 0 bridgehead atoms. The third-order valence-electron chi connectivity index (χ3n) is 1.97. The van der Waals surface area contributed by atoms with Gasteiger partial charge in [0.15, 0.2) is 5.29 Å². The molecule has 1 unspecified atom stereocenters. The van der Waals surface area contributed by atoms with Crippen LogP contribution < -0.4 is 0 Å². The third kappa shape index (κ3) is 2.81. The largest absolute Gasteiger partial charge is 0.342 e. The molecule has 0 aromatic rings. The van der Waals surface area contributed by atoms with Crippen molar-refractivity contribution in [3.8, 4) is 0 Å². The molecule has 0 fully saturated rings. The predicted molar refractivity (Wildman–Crippen MR) is 46.3 cm³/mol. The monoisotopic (exact) mass is 196 g/mol. The van der Waals surface area contributed by atoms with Crippen LogP contribution in [0.5, 0.6) is 0 Å². The smallest absolute Gasteiger partial charge is 0.241 e. The molecule has 0 nitrogen and oxygen atoms in total. The van der Waals surface area contributed by atoms with Crippen molar-refractivity contribution < 1.29 is 13.2 Å². The Bertz CT molecular complexity index is 117. The summed E-state index contributed by atoms with van der Waals surface area (Å²) in [6, 6.07) is 0. The first-order valence-electron chi connectivity index (χ1n) is 4.13. The van der Waals surface area contributed by atoms with E-state index in [4.69, 9.17) is 0 Å². The zero-order valence-corrected chi connectivity index (χ0v) is 8.76. The van der Waals surface area contributed by atoms with E-state index < -0.39 is 20.5 Å². The van der Waals surface area contributed by atoms with Crippen molar-refractivity contribution in [1.82, 2.24) is 0 Å². The fraction of sp³-hybridized carbons (Fsp3) is 0.875. The molecule has 0 N–H and O–H groups in total. The molecule has 2 radical (unpaired) electrons. The number of halogens is 3. The summed E-state index contributed by atoms with van der Waals surface area (Å²) in [7, 11) is -1.60. The Balaban J connectivity index is 4.19. The first-order chi connectivity index (χ1) is 5.45. The van der Waals surface area contributed by atoms with Crippen LogP contribution in [0.1, 0.15) is 26.2 Å². The second kappa shape index (κ2) is 4.89. The van der Waals surface area contributed by atoms with E-state index >= 15 is 0 Å². The van der Waals surface area contributed by atoms with E-state index in [9.17, 15) is 13.2 Å². The minimum absolute atomic E-state index is 0.0207. The van der Waals surface area contributed by atoms with Crippen molar-refractivity contribution in [1.29, 1.82) is 0 Å². The van der Waals surface area contributed by atoms with Crippen LogP contribution in [0, 0.1) is 6.43 Å². The summed E-state index contributed by atoms with van der Waals surface area (Å²) in [6.45, 7) is 5.03. The summed E-state index contributed by atoms with van der Waals surface area (Å²) in [4.78, 5) is 0.